The first-order valence-corrected chi connectivity index (χ1v) is 1.53. The molecule has 0 aliphatic heterocycles. The summed E-state index contributed by atoms with van der Waals surface area (Å²) in [4.78, 5) is 9.60. The van der Waals surface area contributed by atoms with Crippen molar-refractivity contribution in [1.82, 2.24) is 0 Å². The molecule has 3 heteroatoms. The maximum absolute atomic E-state index is 9.60. The summed E-state index contributed by atoms with van der Waals surface area (Å²) in [6.07, 6.45) is 0. The van der Waals surface area contributed by atoms with E-state index in [0.717, 1.165) is 0 Å². The molecule has 0 aromatic heterocycles. The van der Waals surface area contributed by atoms with Gasteiger partial charge in [0.1, 0.15) is 0 Å². The molecule has 0 fully saturated rings. The first-order valence-electron chi connectivity index (χ1n) is 1.53. The Morgan fingerprint density at radius 2 is 1.86 bits per heavy atom. The Kier molecular flexibility index (Phi) is 8.03. The molecule has 0 amide bonds. The summed E-state index contributed by atoms with van der Waals surface area (Å²) in [5.74, 6) is -0.935. The molecule has 0 saturated carbocycles. The van der Waals surface area contributed by atoms with Crippen LogP contribution in [0.2, 0.25) is 0 Å². The van der Waals surface area contributed by atoms with Crippen LogP contribution in [0, 0.1) is 0 Å². The van der Waals surface area contributed by atoms with Crippen LogP contribution in [0.1, 0.15) is 6.92 Å². The van der Waals surface area contributed by atoms with Gasteiger partial charge in [0.15, 0.2) is 0 Å². The van der Waals surface area contributed by atoms with Gasteiger partial charge in [0.25, 0.3) is 0 Å². The molecule has 0 heterocycles. The van der Waals surface area contributed by atoms with Crippen LogP contribution in [0.5, 0.6) is 0 Å². The number of carboxylic acids is 1. The standard InChI is InChI=1S/C4H6O2.Rb/c1-3(2)4(5)6;/h1H2,2H3,(H,5,6);. The molecule has 2 nitrogen and oxygen atoms in total. The maximum Gasteiger partial charge on any atom is 0.330 e. The number of hydrogen-bond donors (Lipinski definition) is 1. The molecular formula is C4H6O2Rb. The van der Waals surface area contributed by atoms with Gasteiger partial charge in [-0.1, -0.05) is 6.58 Å². The summed E-state index contributed by atoms with van der Waals surface area (Å²) < 4.78 is 0. The molecule has 0 rings (SSSR count). The van der Waals surface area contributed by atoms with E-state index in [0.29, 0.717) is 0 Å². The Bertz CT molecular complexity index is 75.7. The quantitative estimate of drug-likeness (QED) is 0.575. The van der Waals surface area contributed by atoms with E-state index in [4.69, 9.17) is 5.11 Å². The van der Waals surface area contributed by atoms with Crippen LogP contribution in [-0.2, 0) is 4.79 Å². The predicted octanol–water partition coefficient (Wildman–Crippen LogP) is 0.266. The van der Waals surface area contributed by atoms with Crippen LogP contribution in [0.4, 0.5) is 0 Å². The van der Waals surface area contributed by atoms with E-state index in [1.165, 1.54) is 6.92 Å². The number of carboxylic acid groups (broad SMARTS) is 1. The van der Waals surface area contributed by atoms with Gasteiger partial charge in [-0.3, -0.25) is 0 Å². The predicted molar refractivity (Wildman–Crippen MR) is 28.2 cm³/mol. The van der Waals surface area contributed by atoms with Crippen molar-refractivity contribution in [2.24, 2.45) is 0 Å². The molecule has 0 spiro atoms. The van der Waals surface area contributed by atoms with Gasteiger partial charge in [0, 0.05) is 63.8 Å². The zero-order chi connectivity index (χ0) is 5.15. The van der Waals surface area contributed by atoms with Gasteiger partial charge in [-0.2, -0.15) is 0 Å². The Morgan fingerprint density at radius 3 is 1.86 bits per heavy atom. The third kappa shape index (κ3) is 7.02. The molecule has 0 saturated heterocycles. The smallest absolute Gasteiger partial charge is 0.330 e. The third-order valence-electron chi connectivity index (χ3n) is 0.365. The molecule has 1 N–H and O–H groups in total. The molecule has 35 valence electrons. The molecule has 0 aliphatic carbocycles. The summed E-state index contributed by atoms with van der Waals surface area (Å²) in [7, 11) is 0. The van der Waals surface area contributed by atoms with Crippen LogP contribution in [-0.4, -0.2) is 69.3 Å². The fraction of sp³-hybridized carbons (Fsp3) is 0.250. The minimum absolute atomic E-state index is 0. The van der Waals surface area contributed by atoms with Crippen molar-refractivity contribution in [3.8, 4) is 0 Å². The molecular weight excluding hydrogens is 166 g/mol. The topological polar surface area (TPSA) is 37.3 Å². The van der Waals surface area contributed by atoms with Crippen molar-refractivity contribution < 1.29 is 9.90 Å². The van der Waals surface area contributed by atoms with Crippen LogP contribution < -0.4 is 0 Å². The van der Waals surface area contributed by atoms with Gasteiger partial charge in [0.05, 0.1) is 0 Å². The van der Waals surface area contributed by atoms with Crippen LogP contribution in [0.3, 0.4) is 0 Å². The minimum Gasteiger partial charge on any atom is -0.478 e. The molecule has 0 aromatic rings. The molecule has 0 aliphatic rings. The fourth-order valence-electron chi connectivity index (χ4n) is 0. The first kappa shape index (κ1) is 10.9. The summed E-state index contributed by atoms with van der Waals surface area (Å²) in [6.45, 7) is 4.60. The van der Waals surface area contributed by atoms with E-state index in [2.05, 4.69) is 6.58 Å². The average molecular weight is 172 g/mol. The fourth-order valence-corrected chi connectivity index (χ4v) is 0. The molecule has 1 radical (unpaired) electrons. The maximum atomic E-state index is 9.60. The van der Waals surface area contributed by atoms with E-state index >= 15 is 0 Å². The van der Waals surface area contributed by atoms with Crippen molar-refractivity contribution in [3.63, 3.8) is 0 Å². The number of carbonyl (C=O) groups is 1. The second-order valence-electron chi connectivity index (χ2n) is 1.09. The van der Waals surface area contributed by atoms with Crippen molar-refractivity contribution in [2.75, 3.05) is 0 Å². The second-order valence-corrected chi connectivity index (χ2v) is 1.09. The number of hydrogen-bond acceptors (Lipinski definition) is 1. The molecule has 0 unspecified atom stereocenters. The normalized spacial score (nSPS) is 6.43. The first-order chi connectivity index (χ1) is 2.64. The Morgan fingerprint density at radius 1 is 1.71 bits per heavy atom. The van der Waals surface area contributed by atoms with E-state index < -0.39 is 5.97 Å². The zero-order valence-electron chi connectivity index (χ0n) is 4.56. The second kappa shape index (κ2) is 5.16. The Hall–Kier alpha value is 1.02. The summed E-state index contributed by atoms with van der Waals surface area (Å²) in [5, 5.41) is 7.89. The van der Waals surface area contributed by atoms with Crippen molar-refractivity contribution >= 4 is 64.2 Å². The molecule has 0 atom stereocenters. The molecule has 0 aromatic carbocycles. The van der Waals surface area contributed by atoms with Crippen LogP contribution in [0.25, 0.3) is 0 Å². The van der Waals surface area contributed by atoms with Crippen molar-refractivity contribution in [1.29, 1.82) is 0 Å². The van der Waals surface area contributed by atoms with E-state index in [1.807, 2.05) is 0 Å². The SMILES string of the molecule is C=C(C)C(=O)O.[Rb]. The Balaban J connectivity index is 0. The van der Waals surface area contributed by atoms with Gasteiger partial charge in [-0.15, -0.1) is 0 Å². The van der Waals surface area contributed by atoms with Gasteiger partial charge in [0.2, 0.25) is 0 Å². The van der Waals surface area contributed by atoms with Gasteiger partial charge < -0.3 is 5.11 Å². The van der Waals surface area contributed by atoms with Gasteiger partial charge in [-0.05, 0) is 6.92 Å². The van der Waals surface area contributed by atoms with Crippen molar-refractivity contribution in [3.05, 3.63) is 12.2 Å². The Labute approximate surface area is 91.4 Å². The third-order valence-corrected chi connectivity index (χ3v) is 0.365. The van der Waals surface area contributed by atoms with Crippen LogP contribution >= 0.6 is 0 Å². The average Bonchev–Trinajstić information content (AvgIpc) is 1.36. The van der Waals surface area contributed by atoms with Gasteiger partial charge >= 0.3 is 5.97 Å². The number of aliphatic carboxylic acids is 1. The van der Waals surface area contributed by atoms with Gasteiger partial charge in [-0.25, -0.2) is 4.79 Å². The monoisotopic (exact) mass is 171 g/mol. The molecule has 7 heavy (non-hydrogen) atoms. The largest absolute Gasteiger partial charge is 0.478 e. The van der Waals surface area contributed by atoms with E-state index in [-0.39, 0.29) is 63.8 Å². The summed E-state index contributed by atoms with van der Waals surface area (Å²) in [5.41, 5.74) is 0.176. The van der Waals surface area contributed by atoms with Crippen LogP contribution in [0.15, 0.2) is 12.2 Å². The molecule has 0 bridgehead atoms. The zero-order valence-corrected chi connectivity index (χ0v) is 9.48. The summed E-state index contributed by atoms with van der Waals surface area (Å²) >= 11 is 0. The van der Waals surface area contributed by atoms with E-state index in [1.54, 1.807) is 0 Å². The van der Waals surface area contributed by atoms with E-state index in [9.17, 15) is 4.79 Å². The number of rotatable bonds is 1. The van der Waals surface area contributed by atoms with Crippen molar-refractivity contribution in [2.45, 2.75) is 6.92 Å². The minimum atomic E-state index is -0.935. The summed E-state index contributed by atoms with van der Waals surface area (Å²) in [6, 6.07) is 0.